The van der Waals surface area contributed by atoms with E-state index in [0.29, 0.717) is 12.4 Å². The van der Waals surface area contributed by atoms with Crippen molar-refractivity contribution in [2.75, 3.05) is 10.0 Å². The summed E-state index contributed by atoms with van der Waals surface area (Å²) in [6, 6.07) is 18.3. The summed E-state index contributed by atoms with van der Waals surface area (Å²) < 4.78 is 27.3. The van der Waals surface area contributed by atoms with Gasteiger partial charge in [-0.15, -0.1) is 10.2 Å². The second-order valence-corrected chi connectivity index (χ2v) is 7.93. The number of anilines is 2. The zero-order valence-electron chi connectivity index (χ0n) is 15.3. The Morgan fingerprint density at radius 1 is 0.815 bits per heavy atom. The predicted octanol–water partition coefficient (Wildman–Crippen LogP) is 3.76. The Morgan fingerprint density at radius 3 is 2.00 bits per heavy atom. The van der Waals surface area contributed by atoms with Gasteiger partial charge >= 0.3 is 0 Å². The van der Waals surface area contributed by atoms with Crippen molar-refractivity contribution < 1.29 is 8.42 Å². The fourth-order valence-corrected chi connectivity index (χ4v) is 3.48. The van der Waals surface area contributed by atoms with Gasteiger partial charge in [-0.1, -0.05) is 48.9 Å². The molecule has 2 N–H and O–H groups in total. The highest BCUT2D eigenvalue weighted by Gasteiger charge is 2.15. The van der Waals surface area contributed by atoms with Gasteiger partial charge in [0.25, 0.3) is 10.0 Å². The van der Waals surface area contributed by atoms with E-state index in [2.05, 4.69) is 20.2 Å². The molecule has 6 nitrogen and oxygen atoms in total. The highest BCUT2D eigenvalue weighted by Crippen LogP contribution is 2.16. The van der Waals surface area contributed by atoms with Crippen LogP contribution in [0.1, 0.15) is 23.6 Å². The number of nitrogens with one attached hydrogen (secondary N) is 2. The zero-order chi connectivity index (χ0) is 19.3. The van der Waals surface area contributed by atoms with E-state index in [0.717, 1.165) is 17.5 Å². The second kappa shape index (κ2) is 8.18. The van der Waals surface area contributed by atoms with E-state index >= 15 is 0 Å². The molecule has 0 aliphatic rings. The van der Waals surface area contributed by atoms with Crippen molar-refractivity contribution in [2.45, 2.75) is 31.7 Å². The molecule has 140 valence electrons. The monoisotopic (exact) mass is 382 g/mol. The van der Waals surface area contributed by atoms with E-state index in [1.54, 1.807) is 36.4 Å². The van der Waals surface area contributed by atoms with Crippen LogP contribution in [0.2, 0.25) is 0 Å². The number of aryl methyl sites for hydroxylation is 2. The molecule has 0 radical (unpaired) electrons. The molecule has 0 saturated carbocycles. The van der Waals surface area contributed by atoms with Gasteiger partial charge in [-0.2, -0.15) is 0 Å². The van der Waals surface area contributed by atoms with Crippen LogP contribution in [0, 0.1) is 6.92 Å². The van der Waals surface area contributed by atoms with E-state index in [4.69, 9.17) is 0 Å². The highest BCUT2D eigenvalue weighted by atomic mass is 32.2. The molecule has 1 heterocycles. The maximum absolute atomic E-state index is 12.4. The van der Waals surface area contributed by atoms with Crippen molar-refractivity contribution in [1.29, 1.82) is 0 Å². The fourth-order valence-electron chi connectivity index (χ4n) is 2.48. The molecule has 7 heteroatoms. The molecule has 0 bridgehead atoms. The Morgan fingerprint density at radius 2 is 1.41 bits per heavy atom. The van der Waals surface area contributed by atoms with Crippen molar-refractivity contribution >= 4 is 21.7 Å². The fraction of sp³-hybridized carbons (Fsp3) is 0.200. The predicted molar refractivity (Wildman–Crippen MR) is 107 cm³/mol. The molecular formula is C20H22N4O2S. The first-order valence-corrected chi connectivity index (χ1v) is 10.2. The van der Waals surface area contributed by atoms with E-state index in [1.807, 2.05) is 38.1 Å². The van der Waals surface area contributed by atoms with Crippen LogP contribution < -0.4 is 10.0 Å². The van der Waals surface area contributed by atoms with Crippen LogP contribution in [-0.4, -0.2) is 18.6 Å². The Labute approximate surface area is 159 Å². The van der Waals surface area contributed by atoms with Crippen LogP contribution in [0.3, 0.4) is 0 Å². The first-order chi connectivity index (χ1) is 13.0. The van der Waals surface area contributed by atoms with Gasteiger partial charge in [0.2, 0.25) is 0 Å². The van der Waals surface area contributed by atoms with E-state index in [1.165, 1.54) is 5.56 Å². The molecule has 3 aromatic rings. The standard InChI is InChI=1S/C20H22N4O2S/c1-3-16-8-10-18(11-9-16)27(25,26)24-20-13-12-19(22-23-20)21-14-17-6-4-15(2)5-7-17/h4-13H,3,14H2,1-2H3,(H,21,22)(H,23,24). The highest BCUT2D eigenvalue weighted by molar-refractivity contribution is 7.92. The quantitative estimate of drug-likeness (QED) is 0.650. The summed E-state index contributed by atoms with van der Waals surface area (Å²) in [4.78, 5) is 0.197. The molecule has 1 aromatic heterocycles. The molecular weight excluding hydrogens is 360 g/mol. The minimum absolute atomic E-state index is 0.176. The van der Waals surface area contributed by atoms with Crippen LogP contribution >= 0.6 is 0 Å². The summed E-state index contributed by atoms with van der Waals surface area (Å²) in [5.74, 6) is 0.751. The normalized spacial score (nSPS) is 11.2. The van der Waals surface area contributed by atoms with Crippen LogP contribution in [0.15, 0.2) is 65.6 Å². The van der Waals surface area contributed by atoms with Gasteiger partial charge in [0.15, 0.2) is 5.82 Å². The van der Waals surface area contributed by atoms with Gasteiger partial charge < -0.3 is 5.32 Å². The molecule has 0 amide bonds. The van der Waals surface area contributed by atoms with Crippen LogP contribution in [-0.2, 0) is 23.0 Å². The molecule has 2 aromatic carbocycles. The summed E-state index contributed by atoms with van der Waals surface area (Å²) in [7, 11) is -3.68. The maximum Gasteiger partial charge on any atom is 0.263 e. The Kier molecular flexibility index (Phi) is 5.71. The van der Waals surface area contributed by atoms with Gasteiger partial charge in [0.1, 0.15) is 5.82 Å². The van der Waals surface area contributed by atoms with E-state index < -0.39 is 10.0 Å². The summed E-state index contributed by atoms with van der Waals surface area (Å²) >= 11 is 0. The average Bonchev–Trinajstić information content (AvgIpc) is 2.68. The number of hydrogen-bond acceptors (Lipinski definition) is 5. The van der Waals surface area contributed by atoms with Crippen molar-refractivity contribution in [3.05, 3.63) is 77.4 Å². The molecule has 0 fully saturated rings. The summed E-state index contributed by atoms with van der Waals surface area (Å²) in [5, 5.41) is 11.1. The Hall–Kier alpha value is -2.93. The topological polar surface area (TPSA) is 84.0 Å². The largest absolute Gasteiger partial charge is 0.365 e. The van der Waals surface area contributed by atoms with Crippen LogP contribution in [0.5, 0.6) is 0 Å². The van der Waals surface area contributed by atoms with Gasteiger partial charge in [0, 0.05) is 6.54 Å². The third-order valence-electron chi connectivity index (χ3n) is 4.14. The average molecular weight is 382 g/mol. The molecule has 0 aliphatic heterocycles. The van der Waals surface area contributed by atoms with Crippen molar-refractivity contribution in [3.63, 3.8) is 0 Å². The minimum Gasteiger partial charge on any atom is -0.365 e. The Balaban J connectivity index is 1.63. The molecule has 3 rings (SSSR count). The van der Waals surface area contributed by atoms with Crippen molar-refractivity contribution in [1.82, 2.24) is 10.2 Å². The molecule has 0 saturated heterocycles. The smallest absolute Gasteiger partial charge is 0.263 e. The third-order valence-corrected chi connectivity index (χ3v) is 5.51. The lowest BCUT2D eigenvalue weighted by Gasteiger charge is -2.09. The van der Waals surface area contributed by atoms with Gasteiger partial charge in [-0.25, -0.2) is 8.42 Å². The van der Waals surface area contributed by atoms with Gasteiger partial charge in [-0.05, 0) is 48.7 Å². The SMILES string of the molecule is CCc1ccc(S(=O)(=O)Nc2ccc(NCc3ccc(C)cc3)nn2)cc1. The molecule has 0 aliphatic carbocycles. The van der Waals surface area contributed by atoms with E-state index in [9.17, 15) is 8.42 Å². The van der Waals surface area contributed by atoms with E-state index in [-0.39, 0.29) is 10.7 Å². The number of hydrogen-bond donors (Lipinski definition) is 2. The zero-order valence-corrected chi connectivity index (χ0v) is 16.1. The minimum atomic E-state index is -3.68. The van der Waals surface area contributed by atoms with Crippen molar-refractivity contribution in [2.24, 2.45) is 0 Å². The first-order valence-electron chi connectivity index (χ1n) is 8.71. The molecule has 0 atom stereocenters. The number of sulfonamides is 1. The second-order valence-electron chi connectivity index (χ2n) is 6.25. The summed E-state index contributed by atoms with van der Waals surface area (Å²) in [6.07, 6.45) is 0.857. The number of nitrogens with zero attached hydrogens (tertiary/aromatic N) is 2. The van der Waals surface area contributed by atoms with Crippen LogP contribution in [0.4, 0.5) is 11.6 Å². The lowest BCUT2D eigenvalue weighted by Crippen LogP contribution is -2.14. The van der Waals surface area contributed by atoms with Crippen molar-refractivity contribution in [3.8, 4) is 0 Å². The summed E-state index contributed by atoms with van der Waals surface area (Å²) in [5.41, 5.74) is 3.42. The lowest BCUT2D eigenvalue weighted by molar-refractivity contribution is 0.601. The molecule has 0 spiro atoms. The number of aromatic nitrogens is 2. The number of rotatable bonds is 7. The maximum atomic E-state index is 12.4. The van der Waals surface area contributed by atoms with Gasteiger partial charge in [-0.3, -0.25) is 4.72 Å². The molecule has 27 heavy (non-hydrogen) atoms. The third kappa shape index (κ3) is 5.04. The van der Waals surface area contributed by atoms with Crippen LogP contribution in [0.25, 0.3) is 0 Å². The lowest BCUT2D eigenvalue weighted by atomic mass is 10.1. The molecule has 0 unspecified atom stereocenters. The first kappa shape index (κ1) is 18.8. The van der Waals surface area contributed by atoms with Gasteiger partial charge in [0.05, 0.1) is 4.90 Å². The number of benzene rings is 2. The summed E-state index contributed by atoms with van der Waals surface area (Å²) in [6.45, 7) is 4.68. The Bertz CT molecular complexity index is 984.